The molecular weight excluding hydrogens is 417 g/mol. The fourth-order valence-electron chi connectivity index (χ4n) is 2.13. The predicted molar refractivity (Wildman–Crippen MR) is 102 cm³/mol. The van der Waals surface area contributed by atoms with E-state index in [1.54, 1.807) is 11.9 Å². The maximum Gasteiger partial charge on any atom is 0.357 e. The monoisotopic (exact) mass is 429 g/mol. The van der Waals surface area contributed by atoms with Crippen LogP contribution in [0.5, 0.6) is 5.75 Å². The van der Waals surface area contributed by atoms with Crippen LogP contribution < -0.4 is 16.0 Å². The predicted octanol–water partition coefficient (Wildman–Crippen LogP) is 2.39. The molecular formula is C16H13Cl2N3O7. The van der Waals surface area contributed by atoms with Gasteiger partial charge in [-0.25, -0.2) is 9.59 Å². The van der Waals surface area contributed by atoms with E-state index in [-0.39, 0.29) is 34.7 Å². The molecule has 0 bridgehead atoms. The van der Waals surface area contributed by atoms with Crippen LogP contribution in [-0.2, 0) is 9.53 Å². The molecule has 0 aliphatic heterocycles. The molecule has 148 valence electrons. The minimum Gasteiger partial charge on any atom is -0.479 e. The number of hydrogen-bond donors (Lipinski definition) is 2. The lowest BCUT2D eigenvalue weighted by Gasteiger charge is -2.10. The number of benzene rings is 1. The number of ether oxygens (including phenoxy) is 2. The summed E-state index contributed by atoms with van der Waals surface area (Å²) >= 11 is 12.2. The maximum absolute atomic E-state index is 11.6. The summed E-state index contributed by atoms with van der Waals surface area (Å²) in [5, 5.41) is 11.2. The number of esters is 1. The van der Waals surface area contributed by atoms with E-state index < -0.39 is 27.8 Å². The van der Waals surface area contributed by atoms with Crippen molar-refractivity contribution in [3.8, 4) is 5.75 Å². The number of nitro groups is 1. The molecule has 0 atom stereocenters. The first-order valence-electron chi connectivity index (χ1n) is 7.69. The van der Waals surface area contributed by atoms with Crippen molar-refractivity contribution in [3.63, 3.8) is 0 Å². The Balaban J connectivity index is 2.31. The van der Waals surface area contributed by atoms with Crippen molar-refractivity contribution in [1.82, 2.24) is 9.97 Å². The van der Waals surface area contributed by atoms with E-state index in [0.717, 1.165) is 6.08 Å². The molecule has 0 amide bonds. The standard InChI is InChI=1S/C16H13Cl2N3O7/c1-2-27-12(22)7-28-14-9(17)5-8(6-10(14)18)3-4-11-13(21(25)26)15(23)20-16(24)19-11/h3-6H,2,7H2,1H3,(H2,19,20,23,24). The Kier molecular flexibility index (Phi) is 6.96. The zero-order chi connectivity index (χ0) is 20.8. The molecule has 0 aliphatic carbocycles. The Morgan fingerprint density at radius 2 is 1.86 bits per heavy atom. The average molecular weight is 430 g/mol. The van der Waals surface area contributed by atoms with E-state index in [0.29, 0.717) is 5.56 Å². The van der Waals surface area contributed by atoms with Gasteiger partial charge in [0.2, 0.25) is 0 Å². The fourth-order valence-corrected chi connectivity index (χ4v) is 2.74. The summed E-state index contributed by atoms with van der Waals surface area (Å²) in [6, 6.07) is 2.84. The second-order valence-corrected chi connectivity index (χ2v) is 5.98. The van der Waals surface area contributed by atoms with Crippen molar-refractivity contribution < 1.29 is 19.2 Å². The van der Waals surface area contributed by atoms with E-state index >= 15 is 0 Å². The Bertz CT molecular complexity index is 1040. The van der Waals surface area contributed by atoms with Crippen molar-refractivity contribution in [2.45, 2.75) is 6.92 Å². The molecule has 0 saturated carbocycles. The number of carbonyl (C=O) groups is 1. The number of rotatable bonds is 7. The highest BCUT2D eigenvalue weighted by atomic mass is 35.5. The van der Waals surface area contributed by atoms with Crippen LogP contribution >= 0.6 is 23.2 Å². The smallest absolute Gasteiger partial charge is 0.357 e. The molecule has 10 nitrogen and oxygen atoms in total. The lowest BCUT2D eigenvalue weighted by atomic mass is 10.2. The molecule has 0 aliphatic rings. The summed E-state index contributed by atoms with van der Waals surface area (Å²) in [7, 11) is 0. The van der Waals surface area contributed by atoms with Crippen LogP contribution in [0.3, 0.4) is 0 Å². The second-order valence-electron chi connectivity index (χ2n) is 5.17. The van der Waals surface area contributed by atoms with E-state index in [9.17, 15) is 24.5 Å². The van der Waals surface area contributed by atoms with Gasteiger partial charge < -0.3 is 14.5 Å². The van der Waals surface area contributed by atoms with Gasteiger partial charge in [0.25, 0.3) is 0 Å². The third-order valence-corrected chi connectivity index (χ3v) is 3.79. The zero-order valence-corrected chi connectivity index (χ0v) is 15.8. The first-order chi connectivity index (χ1) is 13.2. The van der Waals surface area contributed by atoms with Gasteiger partial charge >= 0.3 is 22.9 Å². The molecule has 1 heterocycles. The van der Waals surface area contributed by atoms with E-state index in [4.69, 9.17) is 32.7 Å². The molecule has 0 radical (unpaired) electrons. The van der Waals surface area contributed by atoms with E-state index in [1.807, 2.05) is 0 Å². The average Bonchev–Trinajstić information content (AvgIpc) is 2.58. The van der Waals surface area contributed by atoms with Crippen LogP contribution in [0.2, 0.25) is 10.0 Å². The van der Waals surface area contributed by atoms with Gasteiger partial charge in [-0.2, -0.15) is 0 Å². The summed E-state index contributed by atoms with van der Waals surface area (Å²) in [6.07, 6.45) is 2.51. The summed E-state index contributed by atoms with van der Waals surface area (Å²) in [6.45, 7) is 1.46. The number of nitrogens with zero attached hydrogens (tertiary/aromatic N) is 1. The number of nitrogens with one attached hydrogen (secondary N) is 2. The van der Waals surface area contributed by atoms with Gasteiger partial charge in [0, 0.05) is 0 Å². The number of H-pyrrole nitrogens is 2. The van der Waals surface area contributed by atoms with Crippen molar-refractivity contribution >= 4 is 47.0 Å². The number of halogens is 2. The van der Waals surface area contributed by atoms with Crippen LogP contribution in [-0.4, -0.2) is 34.1 Å². The highest BCUT2D eigenvalue weighted by Crippen LogP contribution is 2.34. The van der Waals surface area contributed by atoms with Crippen LogP contribution in [0, 0.1) is 10.1 Å². The summed E-state index contributed by atoms with van der Waals surface area (Å²) in [5.74, 6) is -0.534. The highest BCUT2D eigenvalue weighted by molar-refractivity contribution is 6.37. The van der Waals surface area contributed by atoms with Gasteiger partial charge in [0.1, 0.15) is 5.69 Å². The molecule has 1 aromatic carbocycles. The Morgan fingerprint density at radius 1 is 1.21 bits per heavy atom. The minimum absolute atomic E-state index is 0.0593. The quantitative estimate of drug-likeness (QED) is 0.390. The van der Waals surface area contributed by atoms with E-state index in [1.165, 1.54) is 18.2 Å². The number of carbonyl (C=O) groups excluding carboxylic acids is 1. The fraction of sp³-hybridized carbons (Fsp3) is 0.188. The third-order valence-electron chi connectivity index (χ3n) is 3.23. The third kappa shape index (κ3) is 5.21. The summed E-state index contributed by atoms with van der Waals surface area (Å²) in [4.78, 5) is 48.4. The van der Waals surface area contributed by atoms with Gasteiger partial charge in [-0.15, -0.1) is 0 Å². The Labute approximate surface area is 166 Å². The molecule has 2 rings (SSSR count). The zero-order valence-electron chi connectivity index (χ0n) is 14.3. The molecule has 2 aromatic rings. The second kappa shape index (κ2) is 9.20. The lowest BCUT2D eigenvalue weighted by molar-refractivity contribution is -0.386. The lowest BCUT2D eigenvalue weighted by Crippen LogP contribution is -2.25. The van der Waals surface area contributed by atoms with Gasteiger partial charge in [-0.3, -0.25) is 19.9 Å². The molecule has 1 aromatic heterocycles. The van der Waals surface area contributed by atoms with Crippen molar-refractivity contribution in [2.24, 2.45) is 0 Å². The van der Waals surface area contributed by atoms with Crippen LogP contribution in [0.15, 0.2) is 21.7 Å². The van der Waals surface area contributed by atoms with Crippen LogP contribution in [0.4, 0.5) is 5.69 Å². The molecule has 0 fully saturated rings. The van der Waals surface area contributed by atoms with Gasteiger partial charge in [-0.1, -0.05) is 29.3 Å². The molecule has 28 heavy (non-hydrogen) atoms. The van der Waals surface area contributed by atoms with Crippen LogP contribution in [0.1, 0.15) is 18.2 Å². The van der Waals surface area contributed by atoms with Gasteiger partial charge in [0.05, 0.1) is 21.6 Å². The molecule has 0 saturated heterocycles. The summed E-state index contributed by atoms with van der Waals surface area (Å²) < 4.78 is 9.97. The Hall–Kier alpha value is -3.11. The molecule has 2 N–H and O–H groups in total. The number of aromatic amines is 2. The van der Waals surface area contributed by atoms with Crippen molar-refractivity contribution in [1.29, 1.82) is 0 Å². The minimum atomic E-state index is -1.13. The van der Waals surface area contributed by atoms with Crippen LogP contribution in [0.25, 0.3) is 12.2 Å². The summed E-state index contributed by atoms with van der Waals surface area (Å²) in [5.41, 5.74) is -2.74. The SMILES string of the molecule is CCOC(=O)COc1c(Cl)cc(C=Cc2[nH]c(=O)[nH]c(=O)c2[N+](=O)[O-])cc1Cl. The van der Waals surface area contributed by atoms with Crippen molar-refractivity contribution in [2.75, 3.05) is 13.2 Å². The Morgan fingerprint density at radius 3 is 2.43 bits per heavy atom. The normalized spacial score (nSPS) is 10.8. The molecule has 0 unspecified atom stereocenters. The topological polar surface area (TPSA) is 144 Å². The van der Waals surface area contributed by atoms with Gasteiger partial charge in [-0.05, 0) is 30.7 Å². The largest absolute Gasteiger partial charge is 0.479 e. The van der Waals surface area contributed by atoms with Gasteiger partial charge in [0.15, 0.2) is 12.4 Å². The van der Waals surface area contributed by atoms with Crippen molar-refractivity contribution in [3.05, 3.63) is 64.4 Å². The highest BCUT2D eigenvalue weighted by Gasteiger charge is 2.19. The molecule has 0 spiro atoms. The number of hydrogen-bond acceptors (Lipinski definition) is 7. The molecule has 12 heteroatoms. The first-order valence-corrected chi connectivity index (χ1v) is 8.45. The maximum atomic E-state index is 11.6. The number of aromatic nitrogens is 2. The first kappa shape index (κ1) is 21.2. The van der Waals surface area contributed by atoms with E-state index in [2.05, 4.69) is 4.98 Å².